The van der Waals surface area contributed by atoms with Gasteiger partial charge in [-0.05, 0) is 66.8 Å². The van der Waals surface area contributed by atoms with Gasteiger partial charge in [0.15, 0.2) is 11.6 Å². The highest BCUT2D eigenvalue weighted by Gasteiger charge is 2.32. The molecule has 1 aromatic heterocycles. The Morgan fingerprint density at radius 3 is 2.51 bits per heavy atom. The smallest absolute Gasteiger partial charge is 0.306 e. The maximum atomic E-state index is 14.9. The fourth-order valence-corrected chi connectivity index (χ4v) is 5.89. The number of esters is 2. The first-order valence-corrected chi connectivity index (χ1v) is 14.9. The van der Waals surface area contributed by atoms with Crippen LogP contribution in [0.25, 0.3) is 0 Å². The number of benzene rings is 2. The Labute approximate surface area is 250 Å². The summed E-state index contributed by atoms with van der Waals surface area (Å²) in [5.41, 5.74) is 3.84. The summed E-state index contributed by atoms with van der Waals surface area (Å²) in [7, 11) is 0. The molecule has 0 amide bonds. The van der Waals surface area contributed by atoms with Crippen molar-refractivity contribution in [3.63, 3.8) is 0 Å². The standard InChI is InChI=1S/C33H37FN4O5/c1-2-42-30(40)18-26(19-31(41)43-21-22-6-4-3-5-7-22)23-12-14-38(15-13-23)32-29(34)20-35-33(37-32)36-27-10-8-25-17-28(39)11-9-24(25)16-27/h3-8,10,16,20,23,26H,2,9,11-15,17-19,21H2,1H3,(H,35,36,37). The molecule has 3 aromatic rings. The van der Waals surface area contributed by atoms with Crippen LogP contribution in [0, 0.1) is 17.7 Å². The Morgan fingerprint density at radius 1 is 1.02 bits per heavy atom. The van der Waals surface area contributed by atoms with Gasteiger partial charge in [-0.3, -0.25) is 14.4 Å². The van der Waals surface area contributed by atoms with Gasteiger partial charge in [0.2, 0.25) is 5.95 Å². The molecule has 1 aliphatic heterocycles. The second-order valence-corrected chi connectivity index (χ2v) is 11.1. The number of carbonyl (C=O) groups is 3. The normalized spacial score (nSPS) is 15.9. The van der Waals surface area contributed by atoms with Crippen molar-refractivity contribution in [1.82, 2.24) is 9.97 Å². The van der Waals surface area contributed by atoms with Gasteiger partial charge in [-0.1, -0.05) is 36.4 Å². The molecule has 1 N–H and O–H groups in total. The third kappa shape index (κ3) is 8.15. The first-order chi connectivity index (χ1) is 20.9. The number of ketones is 1. The predicted molar refractivity (Wildman–Crippen MR) is 159 cm³/mol. The molecule has 43 heavy (non-hydrogen) atoms. The third-order valence-corrected chi connectivity index (χ3v) is 8.16. The number of anilines is 3. The van der Waals surface area contributed by atoms with Crippen LogP contribution in [0.2, 0.25) is 0 Å². The van der Waals surface area contributed by atoms with Gasteiger partial charge < -0.3 is 19.7 Å². The van der Waals surface area contributed by atoms with E-state index in [2.05, 4.69) is 15.3 Å². The summed E-state index contributed by atoms with van der Waals surface area (Å²) in [5.74, 6) is -0.635. The molecular formula is C33H37FN4O5. The van der Waals surface area contributed by atoms with Crippen molar-refractivity contribution in [2.75, 3.05) is 29.9 Å². The summed E-state index contributed by atoms with van der Waals surface area (Å²) < 4.78 is 25.6. The van der Waals surface area contributed by atoms with Gasteiger partial charge >= 0.3 is 11.9 Å². The number of aromatic nitrogens is 2. The maximum Gasteiger partial charge on any atom is 0.306 e. The van der Waals surface area contributed by atoms with Gasteiger partial charge in [0.25, 0.3) is 0 Å². The Bertz CT molecular complexity index is 1440. The van der Waals surface area contributed by atoms with Crippen LogP contribution >= 0.6 is 0 Å². The zero-order valence-electron chi connectivity index (χ0n) is 24.4. The largest absolute Gasteiger partial charge is 0.466 e. The molecule has 2 aliphatic rings. The lowest BCUT2D eigenvalue weighted by molar-refractivity contribution is -0.149. The van der Waals surface area contributed by atoms with Crippen LogP contribution in [0.1, 0.15) is 55.7 Å². The first-order valence-electron chi connectivity index (χ1n) is 14.9. The molecule has 9 nitrogen and oxygen atoms in total. The zero-order valence-corrected chi connectivity index (χ0v) is 24.4. The number of hydrogen-bond donors (Lipinski definition) is 1. The molecule has 0 saturated carbocycles. The number of hydrogen-bond acceptors (Lipinski definition) is 9. The molecule has 0 spiro atoms. The van der Waals surface area contributed by atoms with E-state index in [0.29, 0.717) is 45.2 Å². The fraction of sp³-hybridized carbons (Fsp3) is 0.424. The molecule has 1 saturated heterocycles. The SMILES string of the molecule is CCOC(=O)CC(CC(=O)OCc1ccccc1)C1CCN(c2nc(Nc3ccc4c(c3)CCC(=O)C4)ncc2F)CC1. The number of nitrogens with zero attached hydrogens (tertiary/aromatic N) is 3. The highest BCUT2D eigenvalue weighted by molar-refractivity contribution is 5.83. The van der Waals surface area contributed by atoms with Crippen LogP contribution in [0.3, 0.4) is 0 Å². The van der Waals surface area contributed by atoms with Gasteiger partial charge in [-0.2, -0.15) is 4.98 Å². The lowest BCUT2D eigenvalue weighted by atomic mass is 9.80. The molecule has 0 radical (unpaired) electrons. The monoisotopic (exact) mass is 588 g/mol. The number of rotatable bonds is 11. The number of ether oxygens (including phenoxy) is 2. The molecule has 1 atom stereocenters. The van der Waals surface area contributed by atoms with Gasteiger partial charge in [-0.15, -0.1) is 0 Å². The summed E-state index contributed by atoms with van der Waals surface area (Å²) in [5, 5.41) is 3.17. The van der Waals surface area contributed by atoms with Crippen LogP contribution in [0.5, 0.6) is 0 Å². The Balaban J connectivity index is 1.21. The predicted octanol–water partition coefficient (Wildman–Crippen LogP) is 5.34. The fourth-order valence-electron chi connectivity index (χ4n) is 5.89. The Hall–Kier alpha value is -4.34. The average molecular weight is 589 g/mol. The molecule has 1 unspecified atom stereocenters. The number of piperidine rings is 1. The minimum absolute atomic E-state index is 0.0646. The number of aryl methyl sites for hydroxylation is 1. The number of fused-ring (bicyclic) bond motifs is 1. The molecule has 2 heterocycles. The van der Waals surface area contributed by atoms with E-state index in [0.717, 1.165) is 22.4 Å². The van der Waals surface area contributed by atoms with Crippen molar-refractivity contribution in [3.8, 4) is 0 Å². The van der Waals surface area contributed by atoms with Crippen molar-refractivity contribution in [1.29, 1.82) is 0 Å². The van der Waals surface area contributed by atoms with Crippen molar-refractivity contribution in [2.24, 2.45) is 11.8 Å². The highest BCUT2D eigenvalue weighted by atomic mass is 19.1. The second kappa shape index (κ2) is 14.2. The van der Waals surface area contributed by atoms with E-state index in [1.807, 2.05) is 53.4 Å². The summed E-state index contributed by atoms with van der Waals surface area (Å²) in [4.78, 5) is 47.4. The molecule has 1 aliphatic carbocycles. The summed E-state index contributed by atoms with van der Waals surface area (Å²) in [6, 6.07) is 15.3. The van der Waals surface area contributed by atoms with Crippen molar-refractivity contribution in [2.45, 2.75) is 58.5 Å². The summed E-state index contributed by atoms with van der Waals surface area (Å²) >= 11 is 0. The molecular weight excluding hydrogens is 551 g/mol. The number of halogens is 1. The van der Waals surface area contributed by atoms with Gasteiger partial charge in [-0.25, -0.2) is 9.37 Å². The number of Topliss-reactive ketones (excluding diaryl/α,β-unsaturated/α-hetero) is 1. The topological polar surface area (TPSA) is 111 Å². The number of carbonyl (C=O) groups excluding carboxylic acids is 3. The van der Waals surface area contributed by atoms with Crippen LogP contribution in [0.4, 0.5) is 21.8 Å². The van der Waals surface area contributed by atoms with Crippen molar-refractivity contribution < 1.29 is 28.2 Å². The first kappa shape index (κ1) is 30.1. The second-order valence-electron chi connectivity index (χ2n) is 11.1. The maximum absolute atomic E-state index is 14.9. The summed E-state index contributed by atoms with van der Waals surface area (Å²) in [6.07, 6.45) is 4.43. The average Bonchev–Trinajstić information content (AvgIpc) is 3.01. The zero-order chi connectivity index (χ0) is 30.2. The van der Waals surface area contributed by atoms with Crippen LogP contribution in [-0.2, 0) is 43.3 Å². The minimum Gasteiger partial charge on any atom is -0.466 e. The van der Waals surface area contributed by atoms with Gasteiger partial charge in [0.1, 0.15) is 12.4 Å². The number of nitrogens with one attached hydrogen (secondary N) is 1. The van der Waals surface area contributed by atoms with Crippen molar-refractivity contribution in [3.05, 3.63) is 77.2 Å². The van der Waals surface area contributed by atoms with Crippen molar-refractivity contribution >= 4 is 35.2 Å². The van der Waals surface area contributed by atoms with Gasteiger partial charge in [0, 0.05) is 44.5 Å². The molecule has 2 aromatic carbocycles. The molecule has 1 fully saturated rings. The lowest BCUT2D eigenvalue weighted by Crippen LogP contribution is -2.38. The van der Waals surface area contributed by atoms with E-state index < -0.39 is 5.82 Å². The van der Waals surface area contributed by atoms with E-state index in [-0.39, 0.29) is 67.4 Å². The molecule has 10 heteroatoms. The highest BCUT2D eigenvalue weighted by Crippen LogP contribution is 2.33. The minimum atomic E-state index is -0.513. The summed E-state index contributed by atoms with van der Waals surface area (Å²) in [6.45, 7) is 3.24. The van der Waals surface area contributed by atoms with Crippen LogP contribution in [0.15, 0.2) is 54.7 Å². The molecule has 0 bridgehead atoms. The van der Waals surface area contributed by atoms with E-state index in [9.17, 15) is 18.8 Å². The molecule has 5 rings (SSSR count). The Morgan fingerprint density at radius 2 is 1.77 bits per heavy atom. The third-order valence-electron chi connectivity index (χ3n) is 8.16. The molecule has 226 valence electrons. The van der Waals surface area contributed by atoms with Crippen LogP contribution in [-0.4, -0.2) is 47.4 Å². The quantitative estimate of drug-likeness (QED) is 0.297. The Kier molecular flexibility index (Phi) is 9.96. The van der Waals surface area contributed by atoms with E-state index >= 15 is 0 Å². The van der Waals surface area contributed by atoms with E-state index in [1.165, 1.54) is 6.20 Å². The van der Waals surface area contributed by atoms with E-state index in [1.54, 1.807) is 6.92 Å². The van der Waals surface area contributed by atoms with E-state index in [4.69, 9.17) is 9.47 Å². The van der Waals surface area contributed by atoms with Crippen LogP contribution < -0.4 is 10.2 Å². The van der Waals surface area contributed by atoms with Gasteiger partial charge in [0.05, 0.1) is 12.8 Å². The lowest BCUT2D eigenvalue weighted by Gasteiger charge is -2.36.